The van der Waals surface area contributed by atoms with Gasteiger partial charge >= 0.3 is 0 Å². The maximum atomic E-state index is 6.23. The van der Waals surface area contributed by atoms with Crippen molar-refractivity contribution in [2.75, 3.05) is 24.4 Å². The molecular weight excluding hydrogens is 395 g/mol. The van der Waals surface area contributed by atoms with Gasteiger partial charge in [0.1, 0.15) is 11.5 Å². The molecule has 4 nitrogen and oxygen atoms in total. The van der Waals surface area contributed by atoms with Crippen molar-refractivity contribution in [1.82, 2.24) is 0 Å². The number of methoxy groups -OCH3 is 2. The molecule has 1 heterocycles. The molecule has 1 N–H and O–H groups in total. The van der Waals surface area contributed by atoms with Crippen molar-refractivity contribution in [2.45, 2.75) is 0 Å². The van der Waals surface area contributed by atoms with Crippen LogP contribution in [0.4, 0.5) is 17.1 Å². The lowest BCUT2D eigenvalue weighted by molar-refractivity contribution is 0.414. The molecule has 1 aliphatic rings. The first kappa shape index (κ1) is 18.5. The summed E-state index contributed by atoms with van der Waals surface area (Å²) in [6, 6.07) is 19.4. The van der Waals surface area contributed by atoms with Gasteiger partial charge in [0.2, 0.25) is 0 Å². The summed E-state index contributed by atoms with van der Waals surface area (Å²) in [6.07, 6.45) is 2.03. The SMILES string of the molecule is COc1ccc(N2C=C(c3ccc(Cl)c(Cl)c3)Nc3ccc(OC)cc32)cc1. The fourth-order valence-corrected chi connectivity index (χ4v) is 3.38. The monoisotopic (exact) mass is 412 g/mol. The van der Waals surface area contributed by atoms with Crippen LogP contribution in [0, 0.1) is 0 Å². The van der Waals surface area contributed by atoms with Crippen molar-refractivity contribution in [3.8, 4) is 11.5 Å². The quantitative estimate of drug-likeness (QED) is 0.524. The van der Waals surface area contributed by atoms with E-state index in [4.69, 9.17) is 32.7 Å². The number of hydrogen-bond acceptors (Lipinski definition) is 4. The third-order valence-corrected chi connectivity index (χ3v) is 5.31. The summed E-state index contributed by atoms with van der Waals surface area (Å²) >= 11 is 12.3. The number of rotatable bonds is 4. The second-order valence-corrected chi connectivity index (χ2v) is 7.06. The molecule has 0 unspecified atom stereocenters. The predicted octanol–water partition coefficient (Wildman–Crippen LogP) is 6.57. The maximum Gasteiger partial charge on any atom is 0.121 e. The summed E-state index contributed by atoms with van der Waals surface area (Å²) in [5.74, 6) is 1.59. The Hall–Kier alpha value is -2.82. The third kappa shape index (κ3) is 3.49. The highest BCUT2D eigenvalue weighted by molar-refractivity contribution is 6.42. The average molecular weight is 413 g/mol. The minimum absolute atomic E-state index is 0.512. The zero-order chi connectivity index (χ0) is 19.7. The number of halogens is 2. The number of nitrogens with zero attached hydrogens (tertiary/aromatic N) is 1. The molecule has 1 aliphatic heterocycles. The number of anilines is 3. The van der Waals surface area contributed by atoms with Crippen LogP contribution < -0.4 is 19.7 Å². The smallest absolute Gasteiger partial charge is 0.121 e. The van der Waals surface area contributed by atoms with Gasteiger partial charge in [-0.2, -0.15) is 0 Å². The van der Waals surface area contributed by atoms with Crippen LogP contribution in [0.2, 0.25) is 10.0 Å². The lowest BCUT2D eigenvalue weighted by Gasteiger charge is -2.31. The molecule has 0 aliphatic carbocycles. The van der Waals surface area contributed by atoms with Gasteiger partial charge in [-0.25, -0.2) is 0 Å². The molecule has 0 aromatic heterocycles. The van der Waals surface area contributed by atoms with Crippen LogP contribution in [0.15, 0.2) is 66.9 Å². The summed E-state index contributed by atoms with van der Waals surface area (Å²) < 4.78 is 10.7. The van der Waals surface area contributed by atoms with E-state index in [1.807, 2.05) is 60.8 Å². The molecule has 0 atom stereocenters. The Labute approximate surface area is 173 Å². The summed E-state index contributed by atoms with van der Waals surface area (Å²) in [4.78, 5) is 2.10. The zero-order valence-corrected chi connectivity index (χ0v) is 16.9. The number of nitrogens with one attached hydrogen (secondary N) is 1. The van der Waals surface area contributed by atoms with Gasteiger partial charge in [-0.3, -0.25) is 0 Å². The standard InChI is InChI=1S/C22H18Cl2N2O2/c1-27-16-6-4-15(5-7-16)26-13-21(14-3-9-18(23)19(24)11-14)25-20-10-8-17(28-2)12-22(20)26/h3-13,25H,1-2H3. The maximum absolute atomic E-state index is 6.23. The molecule has 0 spiro atoms. The minimum Gasteiger partial charge on any atom is -0.497 e. The molecule has 0 fully saturated rings. The Bertz CT molecular complexity index is 1050. The molecule has 0 saturated heterocycles. The fraction of sp³-hybridized carbons (Fsp3) is 0.0909. The summed E-state index contributed by atoms with van der Waals surface area (Å²) in [6.45, 7) is 0. The van der Waals surface area contributed by atoms with Crippen LogP contribution in [0.1, 0.15) is 5.56 Å². The highest BCUT2D eigenvalue weighted by Crippen LogP contribution is 2.42. The molecule has 0 amide bonds. The molecule has 6 heteroatoms. The van der Waals surface area contributed by atoms with Gasteiger partial charge in [0, 0.05) is 23.5 Å². The number of benzene rings is 3. The first-order valence-corrected chi connectivity index (χ1v) is 9.40. The molecule has 0 radical (unpaired) electrons. The van der Waals surface area contributed by atoms with E-state index in [0.29, 0.717) is 10.0 Å². The Morgan fingerprint density at radius 3 is 2.18 bits per heavy atom. The molecule has 0 saturated carbocycles. The van der Waals surface area contributed by atoms with Crippen LogP contribution in [0.25, 0.3) is 5.70 Å². The van der Waals surface area contributed by atoms with Crippen molar-refractivity contribution in [1.29, 1.82) is 0 Å². The second-order valence-electron chi connectivity index (χ2n) is 6.25. The lowest BCUT2D eigenvalue weighted by atomic mass is 10.1. The van der Waals surface area contributed by atoms with Crippen LogP contribution in [-0.2, 0) is 0 Å². The third-order valence-electron chi connectivity index (χ3n) is 4.57. The van der Waals surface area contributed by atoms with Crippen LogP contribution in [0.5, 0.6) is 11.5 Å². The van der Waals surface area contributed by atoms with Crippen molar-refractivity contribution in [2.24, 2.45) is 0 Å². The molecule has 3 aromatic carbocycles. The molecule has 28 heavy (non-hydrogen) atoms. The van der Waals surface area contributed by atoms with E-state index in [0.717, 1.165) is 39.8 Å². The number of fused-ring (bicyclic) bond motifs is 1. The topological polar surface area (TPSA) is 33.7 Å². The van der Waals surface area contributed by atoms with E-state index in [-0.39, 0.29) is 0 Å². The van der Waals surface area contributed by atoms with Gasteiger partial charge in [-0.05, 0) is 48.5 Å². The van der Waals surface area contributed by atoms with Gasteiger partial charge in [-0.1, -0.05) is 29.3 Å². The Morgan fingerprint density at radius 2 is 1.50 bits per heavy atom. The first-order chi connectivity index (χ1) is 13.6. The van der Waals surface area contributed by atoms with Crippen molar-refractivity contribution in [3.05, 3.63) is 82.5 Å². The van der Waals surface area contributed by atoms with Gasteiger partial charge in [0.15, 0.2) is 0 Å². The molecule has 4 rings (SSSR count). The van der Waals surface area contributed by atoms with Crippen LogP contribution in [-0.4, -0.2) is 14.2 Å². The molecule has 0 bridgehead atoms. The predicted molar refractivity (Wildman–Crippen MR) is 116 cm³/mol. The van der Waals surface area contributed by atoms with E-state index in [1.165, 1.54) is 0 Å². The van der Waals surface area contributed by atoms with Crippen LogP contribution >= 0.6 is 23.2 Å². The Morgan fingerprint density at radius 1 is 0.786 bits per heavy atom. The number of hydrogen-bond donors (Lipinski definition) is 1. The van der Waals surface area contributed by atoms with Crippen molar-refractivity contribution >= 4 is 46.0 Å². The average Bonchev–Trinajstić information content (AvgIpc) is 2.74. The highest BCUT2D eigenvalue weighted by Gasteiger charge is 2.21. The molecule has 142 valence electrons. The lowest BCUT2D eigenvalue weighted by Crippen LogP contribution is -2.18. The summed E-state index contributed by atoms with van der Waals surface area (Å²) in [5, 5.41) is 4.51. The highest BCUT2D eigenvalue weighted by atomic mass is 35.5. The summed E-state index contributed by atoms with van der Waals surface area (Å²) in [7, 11) is 3.31. The van der Waals surface area contributed by atoms with E-state index in [9.17, 15) is 0 Å². The second kappa shape index (κ2) is 7.66. The zero-order valence-electron chi connectivity index (χ0n) is 15.4. The largest absolute Gasteiger partial charge is 0.497 e. The van der Waals surface area contributed by atoms with Gasteiger partial charge in [0.05, 0.1) is 41.3 Å². The van der Waals surface area contributed by atoms with Crippen molar-refractivity contribution < 1.29 is 9.47 Å². The normalized spacial score (nSPS) is 12.7. The first-order valence-electron chi connectivity index (χ1n) is 8.64. The minimum atomic E-state index is 0.512. The van der Waals surface area contributed by atoms with E-state index in [1.54, 1.807) is 20.3 Å². The Balaban J connectivity index is 1.83. The van der Waals surface area contributed by atoms with Gasteiger partial charge in [0.25, 0.3) is 0 Å². The molecule has 3 aromatic rings. The van der Waals surface area contributed by atoms with E-state index in [2.05, 4.69) is 10.2 Å². The van der Waals surface area contributed by atoms with E-state index < -0.39 is 0 Å². The van der Waals surface area contributed by atoms with Gasteiger partial charge in [-0.15, -0.1) is 0 Å². The Kier molecular flexibility index (Phi) is 5.07. The fourth-order valence-electron chi connectivity index (χ4n) is 3.09. The van der Waals surface area contributed by atoms with E-state index >= 15 is 0 Å². The van der Waals surface area contributed by atoms with Gasteiger partial charge < -0.3 is 19.7 Å². The van der Waals surface area contributed by atoms with Crippen molar-refractivity contribution in [3.63, 3.8) is 0 Å². The molecular formula is C22H18Cl2N2O2. The van der Waals surface area contributed by atoms with Crippen LogP contribution in [0.3, 0.4) is 0 Å². The number of ether oxygens (including phenoxy) is 2. The summed E-state index contributed by atoms with van der Waals surface area (Å²) in [5.41, 5.74) is 4.78.